The van der Waals surface area contributed by atoms with Crippen molar-refractivity contribution in [2.45, 2.75) is 142 Å². The Morgan fingerprint density at radius 1 is 0.975 bits per heavy atom. The van der Waals surface area contributed by atoms with E-state index in [2.05, 4.69) is 11.9 Å². The Bertz CT molecular complexity index is 870. The Kier molecular flexibility index (Phi) is 20.5. The maximum atomic E-state index is 12.6. The summed E-state index contributed by atoms with van der Waals surface area (Å²) >= 11 is 0. The maximum Gasteiger partial charge on any atom is 0.355 e. The number of nitrogens with zero attached hydrogens (tertiary/aromatic N) is 2. The number of nitrogens with two attached hydrogens (primary N) is 1. The molecule has 0 amide bonds. The zero-order valence-corrected chi connectivity index (χ0v) is 26.3. The Hall–Kier alpha value is -1.29. The minimum absolute atomic E-state index is 0.0839. The van der Waals surface area contributed by atoms with Crippen molar-refractivity contribution in [2.24, 2.45) is 0 Å². The van der Waals surface area contributed by atoms with Crippen LogP contribution in [0.3, 0.4) is 0 Å². The van der Waals surface area contributed by atoms with Gasteiger partial charge in [0, 0.05) is 13.3 Å². The topological polar surface area (TPSA) is 135 Å². The van der Waals surface area contributed by atoms with E-state index in [-0.39, 0.29) is 25.1 Å². The molecule has 0 radical (unpaired) electrons. The van der Waals surface area contributed by atoms with Crippen molar-refractivity contribution in [3.8, 4) is 0 Å². The molecule has 0 saturated heterocycles. The van der Waals surface area contributed by atoms with Crippen LogP contribution in [0.4, 0.5) is 5.82 Å². The second-order valence-corrected chi connectivity index (χ2v) is 12.5. The predicted molar refractivity (Wildman–Crippen MR) is 160 cm³/mol. The molecule has 0 saturated carbocycles. The zero-order chi connectivity index (χ0) is 29.6. The second-order valence-electron chi connectivity index (χ2n) is 10.8. The van der Waals surface area contributed by atoms with Crippen molar-refractivity contribution in [1.29, 1.82) is 0 Å². The van der Waals surface area contributed by atoms with Gasteiger partial charge in [0.1, 0.15) is 12.2 Å². The monoisotopic (exact) mass is 589 g/mol. The van der Waals surface area contributed by atoms with Crippen molar-refractivity contribution >= 4 is 13.4 Å². The minimum atomic E-state index is -4.09. The number of anilines is 1. The van der Waals surface area contributed by atoms with Crippen LogP contribution in [0, 0.1) is 0 Å². The molecule has 1 heterocycles. The molecule has 3 unspecified atom stereocenters. The Balaban J connectivity index is 2.16. The summed E-state index contributed by atoms with van der Waals surface area (Å²) in [6.07, 6.45) is 18.6. The van der Waals surface area contributed by atoms with Gasteiger partial charge in [0.15, 0.2) is 6.29 Å². The van der Waals surface area contributed by atoms with Crippen molar-refractivity contribution in [3.63, 3.8) is 0 Å². The Morgan fingerprint density at radius 3 is 2.05 bits per heavy atom. The van der Waals surface area contributed by atoms with Gasteiger partial charge in [-0.25, -0.2) is 4.79 Å². The number of rotatable bonds is 26. The van der Waals surface area contributed by atoms with Crippen molar-refractivity contribution < 1.29 is 28.2 Å². The highest BCUT2D eigenvalue weighted by atomic mass is 31.2. The molecule has 0 fully saturated rings. The highest BCUT2D eigenvalue weighted by molar-refractivity contribution is 7.52. The van der Waals surface area contributed by atoms with E-state index in [4.69, 9.17) is 24.5 Å². The number of hydrogen-bond acceptors (Lipinski definition) is 8. The smallest absolute Gasteiger partial charge is 0.355 e. The van der Waals surface area contributed by atoms with Crippen LogP contribution in [-0.4, -0.2) is 53.0 Å². The van der Waals surface area contributed by atoms with Crippen LogP contribution in [0.25, 0.3) is 0 Å². The standard InChI is InChI=1S/C29H56N3O7P/c1-5-6-7-8-9-10-11-12-13-14-15-16-17-18-19-25(2)38-26(3)39-40(34,35)24-37-27(23-36-4)22-32-21-20-28(30)31-29(32)33/h20-21,25-27H,5-19,22-24H2,1-4H3,(H,34,35)(H2,30,31,33)/t25?,26?,27-/m0/s1. The molecule has 1 rings (SSSR count). The fraction of sp³-hybridized carbons (Fsp3) is 0.862. The van der Waals surface area contributed by atoms with E-state index in [1.54, 1.807) is 6.92 Å². The molecule has 4 atom stereocenters. The quantitative estimate of drug-likeness (QED) is 0.0692. The van der Waals surface area contributed by atoms with E-state index in [0.29, 0.717) is 0 Å². The molecule has 0 aliphatic rings. The molecular weight excluding hydrogens is 533 g/mol. The van der Waals surface area contributed by atoms with Crippen LogP contribution in [0.1, 0.15) is 117 Å². The van der Waals surface area contributed by atoms with Crippen LogP contribution in [-0.2, 0) is 29.8 Å². The summed E-state index contributed by atoms with van der Waals surface area (Å²) in [5, 5.41) is 0. The summed E-state index contributed by atoms with van der Waals surface area (Å²) < 4.78 is 35.6. The van der Waals surface area contributed by atoms with Gasteiger partial charge in [0.25, 0.3) is 0 Å². The molecule has 1 aromatic rings. The summed E-state index contributed by atoms with van der Waals surface area (Å²) in [6.45, 7) is 6.02. The lowest BCUT2D eigenvalue weighted by Crippen LogP contribution is -2.32. The van der Waals surface area contributed by atoms with E-state index in [1.807, 2.05) is 6.92 Å². The van der Waals surface area contributed by atoms with Gasteiger partial charge in [0.05, 0.1) is 25.4 Å². The molecule has 234 valence electrons. The third-order valence-corrected chi connectivity index (χ3v) is 7.92. The molecule has 3 N–H and O–H groups in total. The Labute approximate surface area is 241 Å². The van der Waals surface area contributed by atoms with Crippen molar-refractivity contribution in [3.05, 3.63) is 22.7 Å². The first-order valence-corrected chi connectivity index (χ1v) is 17.0. The largest absolute Gasteiger partial charge is 0.383 e. The summed E-state index contributed by atoms with van der Waals surface area (Å²) in [6, 6.07) is 1.49. The van der Waals surface area contributed by atoms with Crippen LogP contribution in [0.2, 0.25) is 0 Å². The highest BCUT2D eigenvalue weighted by Gasteiger charge is 2.27. The van der Waals surface area contributed by atoms with Crippen LogP contribution in [0.5, 0.6) is 0 Å². The number of nitrogen functional groups attached to an aromatic ring is 1. The summed E-state index contributed by atoms with van der Waals surface area (Å²) in [7, 11) is -2.62. The number of methoxy groups -OCH3 is 1. The molecular formula is C29H56N3O7P. The molecule has 0 spiro atoms. The second kappa shape index (κ2) is 22.3. The SMILES string of the molecule is CCCCCCCCCCCCCCCCC(C)OC(C)OP(=O)(O)CO[C@H](COC)Cn1ccc(N)nc1=O. The van der Waals surface area contributed by atoms with E-state index in [9.17, 15) is 14.3 Å². The number of ether oxygens (including phenoxy) is 3. The van der Waals surface area contributed by atoms with Crippen LogP contribution >= 0.6 is 7.60 Å². The minimum Gasteiger partial charge on any atom is -0.383 e. The third kappa shape index (κ3) is 18.9. The van der Waals surface area contributed by atoms with Gasteiger partial charge in [-0.15, -0.1) is 0 Å². The van der Waals surface area contributed by atoms with Crippen molar-refractivity contribution in [1.82, 2.24) is 9.55 Å². The number of aromatic nitrogens is 2. The molecule has 0 aliphatic heterocycles. The lowest BCUT2D eigenvalue weighted by Gasteiger charge is -2.24. The van der Waals surface area contributed by atoms with E-state index in [0.717, 1.165) is 12.8 Å². The van der Waals surface area contributed by atoms with Crippen LogP contribution in [0.15, 0.2) is 17.1 Å². The van der Waals surface area contributed by atoms with Gasteiger partial charge in [-0.05, 0) is 26.3 Å². The summed E-state index contributed by atoms with van der Waals surface area (Å²) in [4.78, 5) is 25.9. The fourth-order valence-corrected chi connectivity index (χ4v) is 5.62. The summed E-state index contributed by atoms with van der Waals surface area (Å²) in [5.74, 6) is 0.117. The number of unbranched alkanes of at least 4 members (excludes halogenated alkanes) is 13. The molecule has 10 nitrogen and oxygen atoms in total. The normalized spacial score (nSPS) is 15.5. The van der Waals surface area contributed by atoms with Gasteiger partial charge >= 0.3 is 13.3 Å². The molecule has 40 heavy (non-hydrogen) atoms. The van der Waals surface area contributed by atoms with Gasteiger partial charge < -0.3 is 24.8 Å². The van der Waals surface area contributed by atoms with Gasteiger partial charge in [0.2, 0.25) is 0 Å². The highest BCUT2D eigenvalue weighted by Crippen LogP contribution is 2.43. The number of hydrogen-bond donors (Lipinski definition) is 2. The average Bonchev–Trinajstić information content (AvgIpc) is 2.88. The van der Waals surface area contributed by atoms with E-state index in [1.165, 1.54) is 107 Å². The first-order chi connectivity index (χ1) is 19.2. The fourth-order valence-electron chi connectivity index (χ4n) is 4.65. The lowest BCUT2D eigenvalue weighted by molar-refractivity contribution is -0.110. The first kappa shape index (κ1) is 36.7. The van der Waals surface area contributed by atoms with Gasteiger partial charge in [-0.3, -0.25) is 13.7 Å². The lowest BCUT2D eigenvalue weighted by atomic mass is 10.0. The third-order valence-electron chi connectivity index (χ3n) is 6.82. The summed E-state index contributed by atoms with van der Waals surface area (Å²) in [5.41, 5.74) is 4.98. The Morgan fingerprint density at radius 2 is 1.52 bits per heavy atom. The molecule has 11 heteroatoms. The molecule has 0 aliphatic carbocycles. The molecule has 0 aromatic carbocycles. The van der Waals surface area contributed by atoms with Crippen LogP contribution < -0.4 is 11.4 Å². The van der Waals surface area contributed by atoms with Gasteiger partial charge in [-0.2, -0.15) is 4.98 Å². The first-order valence-electron chi connectivity index (χ1n) is 15.3. The zero-order valence-electron chi connectivity index (χ0n) is 25.4. The molecule has 1 aromatic heterocycles. The van der Waals surface area contributed by atoms with E-state index >= 15 is 0 Å². The van der Waals surface area contributed by atoms with E-state index < -0.39 is 32.0 Å². The van der Waals surface area contributed by atoms with Gasteiger partial charge in [-0.1, -0.05) is 96.8 Å². The molecule has 0 bridgehead atoms. The van der Waals surface area contributed by atoms with Crippen molar-refractivity contribution in [2.75, 3.05) is 25.8 Å². The average molecular weight is 590 g/mol. The predicted octanol–water partition coefficient (Wildman–Crippen LogP) is 6.64. The maximum absolute atomic E-state index is 12.6.